The van der Waals surface area contributed by atoms with Crippen molar-refractivity contribution in [2.45, 2.75) is 38.3 Å². The number of benzene rings is 1. The summed E-state index contributed by atoms with van der Waals surface area (Å²) in [5.74, 6) is 0. The standard InChI is InChI=1S/C14H24N2O3S/c1-5-15-9-13-7-6-11(2)14(8-13)20(17,18)16-12(3)10-19-4/h6-8,12,15-16H,5,9-10H2,1-4H3. The van der Waals surface area contributed by atoms with E-state index in [0.29, 0.717) is 18.0 Å². The highest BCUT2D eigenvalue weighted by atomic mass is 32.2. The van der Waals surface area contributed by atoms with Gasteiger partial charge >= 0.3 is 0 Å². The molecule has 0 heterocycles. The van der Waals surface area contributed by atoms with Crippen molar-refractivity contribution in [3.05, 3.63) is 29.3 Å². The van der Waals surface area contributed by atoms with E-state index in [1.165, 1.54) is 0 Å². The van der Waals surface area contributed by atoms with Crippen LogP contribution in [0.4, 0.5) is 0 Å². The van der Waals surface area contributed by atoms with Crippen molar-refractivity contribution in [3.8, 4) is 0 Å². The molecule has 1 atom stereocenters. The van der Waals surface area contributed by atoms with Crippen molar-refractivity contribution in [3.63, 3.8) is 0 Å². The minimum absolute atomic E-state index is 0.262. The zero-order valence-electron chi connectivity index (χ0n) is 12.6. The fraction of sp³-hybridized carbons (Fsp3) is 0.571. The van der Waals surface area contributed by atoms with Crippen LogP contribution in [0.2, 0.25) is 0 Å². The molecule has 0 aliphatic heterocycles. The van der Waals surface area contributed by atoms with Crippen LogP contribution in [0, 0.1) is 6.92 Å². The lowest BCUT2D eigenvalue weighted by atomic mass is 10.1. The summed E-state index contributed by atoms with van der Waals surface area (Å²) < 4.78 is 32.3. The van der Waals surface area contributed by atoms with Gasteiger partial charge in [0.05, 0.1) is 11.5 Å². The summed E-state index contributed by atoms with van der Waals surface area (Å²) in [6.07, 6.45) is 0. The summed E-state index contributed by atoms with van der Waals surface area (Å²) in [6, 6.07) is 5.24. The Morgan fingerprint density at radius 3 is 2.65 bits per heavy atom. The molecule has 0 saturated carbocycles. The Kier molecular flexibility index (Phi) is 6.61. The molecular formula is C14H24N2O3S. The number of sulfonamides is 1. The van der Waals surface area contributed by atoms with Crippen LogP contribution < -0.4 is 10.0 Å². The smallest absolute Gasteiger partial charge is 0.241 e. The van der Waals surface area contributed by atoms with Gasteiger partial charge in [-0.05, 0) is 37.6 Å². The van der Waals surface area contributed by atoms with Gasteiger partial charge in [-0.2, -0.15) is 0 Å². The van der Waals surface area contributed by atoms with E-state index >= 15 is 0 Å². The van der Waals surface area contributed by atoms with E-state index in [-0.39, 0.29) is 6.04 Å². The van der Waals surface area contributed by atoms with Gasteiger partial charge in [0.15, 0.2) is 0 Å². The fourth-order valence-corrected chi connectivity index (χ4v) is 3.45. The third kappa shape index (κ3) is 4.86. The van der Waals surface area contributed by atoms with Gasteiger partial charge in [-0.25, -0.2) is 13.1 Å². The predicted octanol–water partition coefficient (Wildman–Crippen LogP) is 1.42. The van der Waals surface area contributed by atoms with Crippen molar-refractivity contribution in [2.75, 3.05) is 20.3 Å². The molecule has 6 heteroatoms. The molecule has 2 N–H and O–H groups in total. The Hall–Kier alpha value is -0.950. The molecular weight excluding hydrogens is 276 g/mol. The SMILES string of the molecule is CCNCc1ccc(C)c(S(=O)(=O)NC(C)COC)c1. The molecule has 0 saturated heterocycles. The maximum Gasteiger partial charge on any atom is 0.241 e. The summed E-state index contributed by atoms with van der Waals surface area (Å²) in [6.45, 7) is 7.44. The first kappa shape index (κ1) is 17.1. The van der Waals surface area contributed by atoms with Crippen molar-refractivity contribution in [2.24, 2.45) is 0 Å². The summed E-state index contributed by atoms with van der Waals surface area (Å²) in [4.78, 5) is 0.329. The Morgan fingerprint density at radius 1 is 1.35 bits per heavy atom. The van der Waals surface area contributed by atoms with Crippen LogP contribution >= 0.6 is 0 Å². The second kappa shape index (κ2) is 7.73. The van der Waals surface area contributed by atoms with Crippen LogP contribution in [0.15, 0.2) is 23.1 Å². The Labute approximate surface area is 121 Å². The average molecular weight is 300 g/mol. The highest BCUT2D eigenvalue weighted by Gasteiger charge is 2.19. The Balaban J connectivity index is 2.98. The number of rotatable bonds is 8. The van der Waals surface area contributed by atoms with E-state index in [0.717, 1.165) is 17.7 Å². The molecule has 0 bridgehead atoms. The molecule has 20 heavy (non-hydrogen) atoms. The maximum absolute atomic E-state index is 12.4. The molecule has 1 aromatic rings. The Bertz CT molecular complexity index is 529. The first-order valence-electron chi connectivity index (χ1n) is 6.72. The first-order chi connectivity index (χ1) is 9.40. The lowest BCUT2D eigenvalue weighted by Crippen LogP contribution is -2.36. The summed E-state index contributed by atoms with van der Waals surface area (Å²) in [7, 11) is -1.97. The maximum atomic E-state index is 12.4. The highest BCUT2D eigenvalue weighted by Crippen LogP contribution is 2.17. The summed E-state index contributed by atoms with van der Waals surface area (Å²) >= 11 is 0. The second-order valence-electron chi connectivity index (χ2n) is 4.86. The minimum Gasteiger partial charge on any atom is -0.383 e. The van der Waals surface area contributed by atoms with Crippen molar-refractivity contribution < 1.29 is 13.2 Å². The van der Waals surface area contributed by atoms with Gasteiger partial charge in [0.1, 0.15) is 0 Å². The molecule has 114 valence electrons. The number of methoxy groups -OCH3 is 1. The van der Waals surface area contributed by atoms with E-state index in [1.54, 1.807) is 27.0 Å². The van der Waals surface area contributed by atoms with Crippen LogP contribution in [0.25, 0.3) is 0 Å². The average Bonchev–Trinajstić information content (AvgIpc) is 2.37. The van der Waals surface area contributed by atoms with E-state index in [1.807, 2.05) is 19.1 Å². The molecule has 1 rings (SSSR count). The third-order valence-corrected chi connectivity index (χ3v) is 4.63. The van der Waals surface area contributed by atoms with Crippen LogP contribution in [-0.2, 0) is 21.3 Å². The lowest BCUT2D eigenvalue weighted by Gasteiger charge is -2.15. The second-order valence-corrected chi connectivity index (χ2v) is 6.54. The summed E-state index contributed by atoms with van der Waals surface area (Å²) in [5, 5.41) is 3.19. The van der Waals surface area contributed by atoms with Gasteiger partial charge in [0.25, 0.3) is 0 Å². The fourth-order valence-electron chi connectivity index (χ4n) is 1.93. The first-order valence-corrected chi connectivity index (χ1v) is 8.20. The van der Waals surface area contributed by atoms with Crippen molar-refractivity contribution in [1.29, 1.82) is 0 Å². The van der Waals surface area contributed by atoms with Crippen LogP contribution in [-0.4, -0.2) is 34.7 Å². The third-order valence-electron chi connectivity index (χ3n) is 2.89. The molecule has 0 aliphatic rings. The number of hydrogen-bond acceptors (Lipinski definition) is 4. The van der Waals surface area contributed by atoms with E-state index in [9.17, 15) is 8.42 Å². The quantitative estimate of drug-likeness (QED) is 0.762. The number of hydrogen-bond donors (Lipinski definition) is 2. The molecule has 0 fully saturated rings. The lowest BCUT2D eigenvalue weighted by molar-refractivity contribution is 0.180. The normalized spacial score (nSPS) is 13.4. The van der Waals surface area contributed by atoms with Crippen molar-refractivity contribution >= 4 is 10.0 Å². The van der Waals surface area contributed by atoms with Gasteiger partial charge < -0.3 is 10.1 Å². The van der Waals surface area contributed by atoms with Gasteiger partial charge in [-0.3, -0.25) is 0 Å². The molecule has 0 aromatic heterocycles. The zero-order valence-corrected chi connectivity index (χ0v) is 13.4. The van der Waals surface area contributed by atoms with Gasteiger partial charge in [0, 0.05) is 19.7 Å². The largest absolute Gasteiger partial charge is 0.383 e. The van der Waals surface area contributed by atoms with Crippen LogP contribution in [0.3, 0.4) is 0 Å². The van der Waals surface area contributed by atoms with Gasteiger partial charge in [-0.1, -0.05) is 19.1 Å². The molecule has 1 unspecified atom stereocenters. The summed E-state index contributed by atoms with van der Waals surface area (Å²) in [5.41, 5.74) is 1.69. The topological polar surface area (TPSA) is 67.4 Å². The van der Waals surface area contributed by atoms with Gasteiger partial charge in [0.2, 0.25) is 10.0 Å². The van der Waals surface area contributed by atoms with E-state index < -0.39 is 10.0 Å². The van der Waals surface area contributed by atoms with Gasteiger partial charge in [-0.15, -0.1) is 0 Å². The number of aryl methyl sites for hydroxylation is 1. The van der Waals surface area contributed by atoms with Crippen LogP contribution in [0.5, 0.6) is 0 Å². The molecule has 1 aromatic carbocycles. The molecule has 0 amide bonds. The highest BCUT2D eigenvalue weighted by molar-refractivity contribution is 7.89. The predicted molar refractivity (Wildman–Crippen MR) is 80.2 cm³/mol. The van der Waals surface area contributed by atoms with E-state index in [4.69, 9.17) is 4.74 Å². The van der Waals surface area contributed by atoms with E-state index in [2.05, 4.69) is 10.0 Å². The Morgan fingerprint density at radius 2 is 2.05 bits per heavy atom. The van der Waals surface area contributed by atoms with Crippen molar-refractivity contribution in [1.82, 2.24) is 10.0 Å². The van der Waals surface area contributed by atoms with Crippen LogP contribution in [0.1, 0.15) is 25.0 Å². The number of ether oxygens (including phenoxy) is 1. The molecule has 0 spiro atoms. The molecule has 0 aliphatic carbocycles. The molecule has 0 radical (unpaired) electrons. The minimum atomic E-state index is -3.52. The monoisotopic (exact) mass is 300 g/mol. The molecule has 5 nitrogen and oxygen atoms in total. The number of nitrogens with one attached hydrogen (secondary N) is 2. The zero-order chi connectivity index (χ0) is 15.2.